The molecular weight excluding hydrogens is 357 g/mol. The number of benzene rings is 1. The van der Waals surface area contributed by atoms with Gasteiger partial charge in [0.25, 0.3) is 11.8 Å². The van der Waals surface area contributed by atoms with Crippen LogP contribution in [0.15, 0.2) is 24.3 Å². The lowest BCUT2D eigenvalue weighted by Gasteiger charge is -2.20. The summed E-state index contributed by atoms with van der Waals surface area (Å²) in [5.41, 5.74) is 8.15. The normalized spacial score (nSPS) is 12.2. The number of carbonyl (C=O) groups excluding carboxylic acids is 3. The molecule has 0 aromatic heterocycles. The van der Waals surface area contributed by atoms with Gasteiger partial charge in [-0.15, -0.1) is 0 Å². The van der Waals surface area contributed by atoms with Crippen LogP contribution in [0.1, 0.15) is 19.4 Å². The SMILES string of the molecule is CC(C)[C@@H](NC(N)=O)C(=O)NNC(=O)COc1cccc(C(F)(F)F)c1. The van der Waals surface area contributed by atoms with Crippen molar-refractivity contribution < 1.29 is 32.3 Å². The number of alkyl halides is 3. The molecule has 11 heteroatoms. The minimum Gasteiger partial charge on any atom is -0.484 e. The predicted molar refractivity (Wildman–Crippen MR) is 84.6 cm³/mol. The van der Waals surface area contributed by atoms with Crippen LogP contribution in [0.4, 0.5) is 18.0 Å². The lowest BCUT2D eigenvalue weighted by molar-refractivity contribution is -0.137. The van der Waals surface area contributed by atoms with Gasteiger partial charge in [-0.3, -0.25) is 20.4 Å². The Kier molecular flexibility index (Phi) is 7.23. The number of carbonyl (C=O) groups is 3. The van der Waals surface area contributed by atoms with Crippen LogP contribution in [-0.2, 0) is 15.8 Å². The van der Waals surface area contributed by atoms with E-state index in [-0.39, 0.29) is 11.7 Å². The summed E-state index contributed by atoms with van der Waals surface area (Å²) in [6.07, 6.45) is -4.53. The van der Waals surface area contributed by atoms with Crippen LogP contribution in [0.5, 0.6) is 5.75 Å². The van der Waals surface area contributed by atoms with E-state index in [1.54, 1.807) is 13.8 Å². The van der Waals surface area contributed by atoms with Crippen LogP contribution in [0.2, 0.25) is 0 Å². The number of nitrogens with one attached hydrogen (secondary N) is 3. The molecule has 1 aromatic carbocycles. The van der Waals surface area contributed by atoms with Gasteiger partial charge in [-0.2, -0.15) is 13.2 Å². The molecule has 4 amide bonds. The maximum Gasteiger partial charge on any atom is 0.416 e. The molecule has 0 spiro atoms. The summed E-state index contributed by atoms with van der Waals surface area (Å²) in [4.78, 5) is 34.4. The minimum absolute atomic E-state index is 0.156. The van der Waals surface area contributed by atoms with Crippen molar-refractivity contribution in [1.82, 2.24) is 16.2 Å². The molecule has 0 fully saturated rings. The Balaban J connectivity index is 2.52. The maximum atomic E-state index is 12.6. The molecule has 1 rings (SSSR count). The second-order valence-electron chi connectivity index (χ2n) is 5.58. The van der Waals surface area contributed by atoms with Crippen molar-refractivity contribution in [3.05, 3.63) is 29.8 Å². The van der Waals surface area contributed by atoms with Crippen molar-refractivity contribution in [2.45, 2.75) is 26.1 Å². The van der Waals surface area contributed by atoms with E-state index in [2.05, 4.69) is 10.7 Å². The highest BCUT2D eigenvalue weighted by Gasteiger charge is 2.30. The summed E-state index contributed by atoms with van der Waals surface area (Å²) in [6, 6.07) is 2.13. The highest BCUT2D eigenvalue weighted by atomic mass is 19.4. The fourth-order valence-electron chi connectivity index (χ4n) is 1.84. The average molecular weight is 376 g/mol. The van der Waals surface area contributed by atoms with Crippen LogP contribution in [0, 0.1) is 5.92 Å². The van der Waals surface area contributed by atoms with Crippen molar-refractivity contribution >= 4 is 17.8 Å². The van der Waals surface area contributed by atoms with E-state index in [1.165, 1.54) is 6.07 Å². The van der Waals surface area contributed by atoms with Crippen LogP contribution < -0.4 is 26.6 Å². The highest BCUT2D eigenvalue weighted by molar-refractivity contribution is 5.88. The molecule has 26 heavy (non-hydrogen) atoms. The lowest BCUT2D eigenvalue weighted by Crippen LogP contribution is -2.55. The third-order valence-corrected chi connectivity index (χ3v) is 3.10. The molecule has 0 saturated heterocycles. The number of halogens is 3. The number of amides is 4. The van der Waals surface area contributed by atoms with Crippen molar-refractivity contribution in [2.24, 2.45) is 11.7 Å². The zero-order valence-electron chi connectivity index (χ0n) is 14.0. The number of ether oxygens (including phenoxy) is 1. The van der Waals surface area contributed by atoms with Crippen molar-refractivity contribution in [1.29, 1.82) is 0 Å². The smallest absolute Gasteiger partial charge is 0.416 e. The number of hydrogen-bond acceptors (Lipinski definition) is 4. The van der Waals surface area contributed by atoms with Gasteiger partial charge >= 0.3 is 12.2 Å². The zero-order chi connectivity index (χ0) is 19.9. The van der Waals surface area contributed by atoms with Crippen molar-refractivity contribution in [2.75, 3.05) is 6.61 Å². The largest absolute Gasteiger partial charge is 0.484 e. The van der Waals surface area contributed by atoms with Crippen LogP contribution in [0.3, 0.4) is 0 Å². The summed E-state index contributed by atoms with van der Waals surface area (Å²) >= 11 is 0. The molecule has 0 unspecified atom stereocenters. The number of primary amides is 1. The topological polar surface area (TPSA) is 123 Å². The summed E-state index contributed by atoms with van der Waals surface area (Å²) < 4.78 is 42.7. The van der Waals surface area contributed by atoms with E-state index in [0.717, 1.165) is 18.2 Å². The molecule has 1 atom stereocenters. The van der Waals surface area contributed by atoms with Gasteiger partial charge in [-0.25, -0.2) is 4.79 Å². The Hall–Kier alpha value is -2.98. The summed E-state index contributed by atoms with van der Waals surface area (Å²) in [5.74, 6) is -1.99. The molecule has 0 aliphatic heterocycles. The Labute approximate surface area is 147 Å². The number of urea groups is 1. The molecule has 1 aromatic rings. The van der Waals surface area contributed by atoms with E-state index in [1.807, 2.05) is 5.43 Å². The van der Waals surface area contributed by atoms with Gasteiger partial charge in [0.2, 0.25) is 0 Å². The molecule has 0 heterocycles. The number of nitrogens with two attached hydrogens (primary N) is 1. The summed E-state index contributed by atoms with van der Waals surface area (Å²) in [5, 5.41) is 2.22. The van der Waals surface area contributed by atoms with Gasteiger partial charge in [0.1, 0.15) is 11.8 Å². The fraction of sp³-hybridized carbons (Fsp3) is 0.400. The molecular formula is C15H19F3N4O4. The third-order valence-electron chi connectivity index (χ3n) is 3.10. The zero-order valence-corrected chi connectivity index (χ0v) is 14.0. The molecule has 8 nitrogen and oxygen atoms in total. The van der Waals surface area contributed by atoms with E-state index in [9.17, 15) is 27.6 Å². The van der Waals surface area contributed by atoms with Gasteiger partial charge in [0.15, 0.2) is 6.61 Å². The van der Waals surface area contributed by atoms with Gasteiger partial charge in [0, 0.05) is 0 Å². The van der Waals surface area contributed by atoms with E-state index >= 15 is 0 Å². The molecule has 5 N–H and O–H groups in total. The Morgan fingerprint density at radius 1 is 1.19 bits per heavy atom. The first-order valence-corrected chi connectivity index (χ1v) is 7.45. The average Bonchev–Trinajstić information content (AvgIpc) is 2.54. The third kappa shape index (κ3) is 6.87. The molecule has 0 bridgehead atoms. The van der Waals surface area contributed by atoms with Gasteiger partial charge < -0.3 is 15.8 Å². The van der Waals surface area contributed by atoms with E-state index in [4.69, 9.17) is 10.5 Å². The quantitative estimate of drug-likeness (QED) is 0.552. The monoisotopic (exact) mass is 376 g/mol. The summed E-state index contributed by atoms with van der Waals surface area (Å²) in [7, 11) is 0. The van der Waals surface area contributed by atoms with Gasteiger partial charge in [0.05, 0.1) is 5.56 Å². The minimum atomic E-state index is -4.53. The predicted octanol–water partition coefficient (Wildman–Crippen LogP) is 0.925. The Morgan fingerprint density at radius 3 is 2.38 bits per heavy atom. The number of rotatable bonds is 6. The molecule has 144 valence electrons. The first-order chi connectivity index (χ1) is 12.0. The van der Waals surface area contributed by atoms with E-state index < -0.39 is 42.2 Å². The number of hydrogen-bond donors (Lipinski definition) is 4. The first-order valence-electron chi connectivity index (χ1n) is 7.45. The molecule has 0 aliphatic rings. The van der Waals surface area contributed by atoms with Crippen molar-refractivity contribution in [3.8, 4) is 5.75 Å². The van der Waals surface area contributed by atoms with Gasteiger partial charge in [-0.1, -0.05) is 19.9 Å². The van der Waals surface area contributed by atoms with Gasteiger partial charge in [-0.05, 0) is 24.1 Å². The summed E-state index contributed by atoms with van der Waals surface area (Å²) in [6.45, 7) is 2.68. The van der Waals surface area contributed by atoms with Crippen LogP contribution in [0.25, 0.3) is 0 Å². The number of hydrazine groups is 1. The van der Waals surface area contributed by atoms with E-state index in [0.29, 0.717) is 0 Å². The van der Waals surface area contributed by atoms with Crippen LogP contribution in [-0.4, -0.2) is 30.5 Å². The second-order valence-corrected chi connectivity index (χ2v) is 5.58. The lowest BCUT2D eigenvalue weighted by atomic mass is 10.0. The Bertz CT molecular complexity index is 665. The Morgan fingerprint density at radius 2 is 1.85 bits per heavy atom. The molecule has 0 radical (unpaired) electrons. The highest BCUT2D eigenvalue weighted by Crippen LogP contribution is 2.31. The van der Waals surface area contributed by atoms with Crippen LogP contribution >= 0.6 is 0 Å². The maximum absolute atomic E-state index is 12.6. The molecule has 0 saturated carbocycles. The standard InChI is InChI=1S/C15H19F3N4O4/c1-8(2)12(20-14(19)25)13(24)22-21-11(23)7-26-10-5-3-4-9(6-10)15(16,17)18/h3-6,8,12H,7H2,1-2H3,(H,21,23)(H,22,24)(H3,19,20,25)/t12-/m1/s1. The molecule has 0 aliphatic carbocycles. The van der Waals surface area contributed by atoms with Crippen molar-refractivity contribution in [3.63, 3.8) is 0 Å². The fourth-order valence-corrected chi connectivity index (χ4v) is 1.84. The second kappa shape index (κ2) is 8.92. The first kappa shape index (κ1) is 21.1.